The van der Waals surface area contributed by atoms with E-state index < -0.39 is 0 Å². The lowest BCUT2D eigenvalue weighted by Crippen LogP contribution is -2.16. The molecule has 3 N–H and O–H groups in total. The maximum Gasteiger partial charge on any atom is 0.0707 e. The number of nitrogens with two attached hydrogens (primary N) is 1. The summed E-state index contributed by atoms with van der Waals surface area (Å²) in [6, 6.07) is 64.9. The molecule has 1 aromatic heterocycles. The van der Waals surface area contributed by atoms with Crippen LogP contribution in [0.5, 0.6) is 0 Å². The SMILES string of the molecule is C/C=C\C=C(/N)c1c2ccccc2c(-c2ccc3c(ccc4c5ccc(-c6c7ccccc7c(C7C=CC=CN7)c7ccccc67)cc5n(-c5ccccc5)c34)c2)c2ccccc12. The summed E-state index contributed by atoms with van der Waals surface area (Å²) in [6.07, 6.45) is 14.5. The topological polar surface area (TPSA) is 43.0 Å². The van der Waals surface area contributed by atoms with Crippen molar-refractivity contribution in [3.8, 4) is 27.9 Å². The van der Waals surface area contributed by atoms with Crippen LogP contribution in [0.3, 0.4) is 0 Å². The predicted molar refractivity (Wildman–Crippen MR) is 270 cm³/mol. The average Bonchev–Trinajstić information content (AvgIpc) is 3.68. The molecule has 0 saturated heterocycles. The number of allylic oxidation sites excluding steroid dienone is 5. The zero-order valence-electron chi connectivity index (χ0n) is 34.9. The largest absolute Gasteiger partial charge is 0.398 e. The zero-order valence-corrected chi connectivity index (χ0v) is 34.9. The third-order valence-electron chi connectivity index (χ3n) is 13.1. The van der Waals surface area contributed by atoms with Gasteiger partial charge in [0.15, 0.2) is 0 Å². The van der Waals surface area contributed by atoms with Gasteiger partial charge in [-0.25, -0.2) is 0 Å². The van der Waals surface area contributed by atoms with Gasteiger partial charge in [0.1, 0.15) is 0 Å². The molecule has 0 saturated carbocycles. The molecule has 1 unspecified atom stereocenters. The standard InChI is InChI=1S/C60H43N3/c1-2-3-27-53(61)58-48-23-11-7-19-44(48)56(45-20-8-12-24-49(45)58)39-30-32-42-38(36-39)29-34-52-43-33-31-40(37-55(43)63(60(42)52)41-17-5-4-6-18-41)57-46-21-9-13-25-50(46)59(54-28-15-16-35-62-54)51-26-14-10-22-47(51)57/h2-37,54,62H,61H2,1H3/b3-2-,53-27-. The van der Waals surface area contributed by atoms with Gasteiger partial charge in [-0.3, -0.25) is 0 Å². The van der Waals surface area contributed by atoms with E-state index in [1.807, 2.05) is 31.4 Å². The van der Waals surface area contributed by atoms with Crippen LogP contribution in [0.4, 0.5) is 0 Å². The van der Waals surface area contributed by atoms with Crippen LogP contribution < -0.4 is 11.1 Å². The van der Waals surface area contributed by atoms with E-state index in [2.05, 4.69) is 204 Å². The maximum absolute atomic E-state index is 6.85. The second kappa shape index (κ2) is 14.8. The molecule has 298 valence electrons. The van der Waals surface area contributed by atoms with Crippen molar-refractivity contribution >= 4 is 81.4 Å². The van der Waals surface area contributed by atoms with Crippen molar-refractivity contribution in [3.63, 3.8) is 0 Å². The summed E-state index contributed by atoms with van der Waals surface area (Å²) in [7, 11) is 0. The third-order valence-corrected chi connectivity index (χ3v) is 13.1. The molecule has 2 heterocycles. The second-order valence-electron chi connectivity index (χ2n) is 16.6. The van der Waals surface area contributed by atoms with Gasteiger partial charge in [0, 0.05) is 33.1 Å². The lowest BCUT2D eigenvalue weighted by Gasteiger charge is -2.23. The number of para-hydroxylation sites is 1. The van der Waals surface area contributed by atoms with E-state index in [0.29, 0.717) is 0 Å². The highest BCUT2D eigenvalue weighted by atomic mass is 15.0. The zero-order chi connectivity index (χ0) is 42.0. The summed E-state index contributed by atoms with van der Waals surface area (Å²) in [5, 5.41) is 18.2. The predicted octanol–water partition coefficient (Wildman–Crippen LogP) is 15.5. The van der Waals surface area contributed by atoms with Crippen molar-refractivity contribution in [2.45, 2.75) is 13.0 Å². The molecule has 0 amide bonds. The molecule has 0 spiro atoms. The van der Waals surface area contributed by atoms with E-state index in [0.717, 1.165) is 27.7 Å². The maximum atomic E-state index is 6.85. The minimum Gasteiger partial charge on any atom is -0.398 e. The van der Waals surface area contributed by atoms with Gasteiger partial charge >= 0.3 is 0 Å². The lowest BCUT2D eigenvalue weighted by molar-refractivity contribution is 0.758. The Morgan fingerprint density at radius 2 is 1.06 bits per heavy atom. The Labute approximate surface area is 366 Å². The highest BCUT2D eigenvalue weighted by Gasteiger charge is 2.23. The van der Waals surface area contributed by atoms with Crippen LogP contribution in [0.15, 0.2) is 219 Å². The fraction of sp³-hybridized carbons (Fsp3) is 0.0333. The fourth-order valence-electron chi connectivity index (χ4n) is 10.5. The molecule has 3 nitrogen and oxygen atoms in total. The summed E-state index contributed by atoms with van der Waals surface area (Å²) in [5.41, 5.74) is 18.4. The number of fused-ring (bicyclic) bond motifs is 9. The first-order valence-corrected chi connectivity index (χ1v) is 21.8. The van der Waals surface area contributed by atoms with E-state index >= 15 is 0 Å². The van der Waals surface area contributed by atoms with Crippen molar-refractivity contribution in [1.29, 1.82) is 0 Å². The lowest BCUT2D eigenvalue weighted by atomic mass is 9.85. The van der Waals surface area contributed by atoms with Crippen molar-refractivity contribution in [2.24, 2.45) is 5.73 Å². The molecule has 0 bridgehead atoms. The first-order chi connectivity index (χ1) is 31.2. The smallest absolute Gasteiger partial charge is 0.0707 e. The van der Waals surface area contributed by atoms with Crippen LogP contribution in [0.1, 0.15) is 24.1 Å². The van der Waals surface area contributed by atoms with Crippen LogP contribution in [0, 0.1) is 0 Å². The first-order valence-electron chi connectivity index (χ1n) is 21.8. The second-order valence-corrected chi connectivity index (χ2v) is 16.6. The molecule has 11 aromatic rings. The summed E-state index contributed by atoms with van der Waals surface area (Å²) in [6.45, 7) is 2.02. The molecular formula is C60H43N3. The van der Waals surface area contributed by atoms with Gasteiger partial charge in [0.2, 0.25) is 0 Å². The molecular weight excluding hydrogens is 763 g/mol. The molecule has 1 aliphatic heterocycles. The van der Waals surface area contributed by atoms with Crippen LogP contribution in [-0.2, 0) is 0 Å². The van der Waals surface area contributed by atoms with Gasteiger partial charge in [-0.1, -0.05) is 176 Å². The molecule has 63 heavy (non-hydrogen) atoms. The molecule has 1 aliphatic rings. The number of hydrogen-bond donors (Lipinski definition) is 2. The molecule has 3 heteroatoms. The van der Waals surface area contributed by atoms with E-state index in [-0.39, 0.29) is 6.04 Å². The van der Waals surface area contributed by atoms with E-state index in [9.17, 15) is 0 Å². The van der Waals surface area contributed by atoms with Crippen molar-refractivity contribution in [2.75, 3.05) is 0 Å². The molecule has 10 aromatic carbocycles. The number of rotatable bonds is 6. The van der Waals surface area contributed by atoms with Crippen molar-refractivity contribution < 1.29 is 0 Å². The fourth-order valence-corrected chi connectivity index (χ4v) is 10.5. The van der Waals surface area contributed by atoms with Gasteiger partial charge in [-0.05, 0) is 126 Å². The number of nitrogens with one attached hydrogen (secondary N) is 1. The Hall–Kier alpha value is -8.14. The van der Waals surface area contributed by atoms with Crippen LogP contribution in [0.25, 0.3) is 109 Å². The summed E-state index contributed by atoms with van der Waals surface area (Å²) in [4.78, 5) is 0. The Morgan fingerprint density at radius 1 is 0.524 bits per heavy atom. The number of benzene rings is 10. The van der Waals surface area contributed by atoms with Crippen molar-refractivity contribution in [3.05, 3.63) is 230 Å². The minimum atomic E-state index is 0.0803. The Kier molecular flexibility index (Phi) is 8.62. The normalized spacial score (nSPS) is 14.4. The summed E-state index contributed by atoms with van der Waals surface area (Å²) in [5.74, 6) is 0. The highest BCUT2D eigenvalue weighted by molar-refractivity contribution is 6.23. The van der Waals surface area contributed by atoms with Gasteiger partial charge in [0.05, 0.1) is 17.1 Å². The third kappa shape index (κ3) is 5.74. The van der Waals surface area contributed by atoms with Crippen LogP contribution in [0.2, 0.25) is 0 Å². The number of hydrogen-bond acceptors (Lipinski definition) is 2. The molecule has 0 fully saturated rings. The summed E-state index contributed by atoms with van der Waals surface area (Å²) >= 11 is 0. The monoisotopic (exact) mass is 805 g/mol. The highest BCUT2D eigenvalue weighted by Crippen LogP contribution is 2.46. The molecule has 0 aliphatic carbocycles. The minimum absolute atomic E-state index is 0.0803. The Morgan fingerprint density at radius 3 is 1.67 bits per heavy atom. The quantitative estimate of drug-likeness (QED) is 0.130. The molecule has 12 rings (SSSR count). The first kappa shape index (κ1) is 36.7. The molecule has 0 radical (unpaired) electrons. The van der Waals surface area contributed by atoms with Crippen LogP contribution >= 0.6 is 0 Å². The summed E-state index contributed by atoms with van der Waals surface area (Å²) < 4.78 is 2.48. The van der Waals surface area contributed by atoms with E-state index in [1.165, 1.54) is 92.7 Å². The van der Waals surface area contributed by atoms with E-state index in [4.69, 9.17) is 5.73 Å². The van der Waals surface area contributed by atoms with Gasteiger partial charge < -0.3 is 15.6 Å². The Bertz CT molecular complexity index is 3670. The molecule has 1 atom stereocenters. The van der Waals surface area contributed by atoms with Crippen LogP contribution in [-0.4, -0.2) is 4.57 Å². The van der Waals surface area contributed by atoms with E-state index in [1.54, 1.807) is 0 Å². The Balaban J connectivity index is 1.11. The average molecular weight is 806 g/mol. The van der Waals surface area contributed by atoms with Gasteiger partial charge in [-0.15, -0.1) is 0 Å². The van der Waals surface area contributed by atoms with Gasteiger partial charge in [0.25, 0.3) is 0 Å². The number of aromatic nitrogens is 1. The number of nitrogens with zero attached hydrogens (tertiary/aromatic N) is 1. The number of dihydropyridines is 1. The van der Waals surface area contributed by atoms with Gasteiger partial charge in [-0.2, -0.15) is 0 Å². The van der Waals surface area contributed by atoms with Crippen molar-refractivity contribution in [1.82, 2.24) is 9.88 Å².